The quantitative estimate of drug-likeness (QED) is 0.714. The molecule has 0 aliphatic heterocycles. The third kappa shape index (κ3) is 1.47. The zero-order chi connectivity index (χ0) is 9.97. The molecule has 0 aliphatic rings. The smallest absolute Gasteiger partial charge is 0.138 e. The Kier molecular flexibility index (Phi) is 2.19. The van der Waals surface area contributed by atoms with E-state index in [1.165, 1.54) is 6.33 Å². The molecule has 5 nitrogen and oxygen atoms in total. The van der Waals surface area contributed by atoms with E-state index in [0.717, 1.165) is 5.69 Å². The topological polar surface area (TPSA) is 69.6 Å². The maximum Gasteiger partial charge on any atom is 0.138 e. The average Bonchev–Trinajstić information content (AvgIpc) is 2.70. The van der Waals surface area contributed by atoms with Gasteiger partial charge in [0.05, 0.1) is 11.3 Å². The Bertz CT molecular complexity index is 451. The predicted octanol–water partition coefficient (Wildman–Crippen LogP) is 0.297. The van der Waals surface area contributed by atoms with Crippen molar-refractivity contribution >= 4 is 17.2 Å². The number of aromatic nitrogens is 4. The van der Waals surface area contributed by atoms with Gasteiger partial charge in [-0.05, 0) is 6.07 Å². The van der Waals surface area contributed by atoms with Crippen LogP contribution in [-0.2, 0) is 0 Å². The molecule has 0 bridgehead atoms. The fourth-order valence-corrected chi connectivity index (χ4v) is 1.27. The monoisotopic (exact) mass is 205 g/mol. The largest absolute Gasteiger partial charge is 0.389 e. The maximum absolute atomic E-state index is 5.55. The van der Waals surface area contributed by atoms with Crippen LogP contribution in [0.1, 0.15) is 5.56 Å². The molecule has 0 atom stereocenters. The summed E-state index contributed by atoms with van der Waals surface area (Å²) in [4.78, 5) is 8.09. The van der Waals surface area contributed by atoms with E-state index < -0.39 is 0 Å². The zero-order valence-corrected chi connectivity index (χ0v) is 7.98. The second-order valence-corrected chi connectivity index (χ2v) is 3.04. The minimum Gasteiger partial charge on any atom is -0.389 e. The van der Waals surface area contributed by atoms with Gasteiger partial charge in [0.15, 0.2) is 0 Å². The first kappa shape index (κ1) is 8.76. The molecule has 0 spiro atoms. The van der Waals surface area contributed by atoms with Crippen LogP contribution in [0.3, 0.4) is 0 Å². The molecule has 0 aliphatic carbocycles. The Morgan fingerprint density at radius 2 is 2.29 bits per heavy atom. The van der Waals surface area contributed by atoms with Crippen LogP contribution in [0.5, 0.6) is 0 Å². The van der Waals surface area contributed by atoms with E-state index in [2.05, 4.69) is 15.1 Å². The Morgan fingerprint density at radius 3 is 2.93 bits per heavy atom. The number of hydrogen-bond acceptors (Lipinski definition) is 4. The van der Waals surface area contributed by atoms with Crippen LogP contribution in [0.25, 0.3) is 5.69 Å². The molecular formula is C8H7N5S. The highest BCUT2D eigenvalue weighted by Crippen LogP contribution is 2.10. The van der Waals surface area contributed by atoms with E-state index in [1.54, 1.807) is 29.5 Å². The lowest BCUT2D eigenvalue weighted by Gasteiger charge is -2.05. The highest BCUT2D eigenvalue weighted by Gasteiger charge is 2.06. The van der Waals surface area contributed by atoms with Crippen molar-refractivity contribution in [2.24, 2.45) is 5.73 Å². The molecule has 0 fully saturated rings. The molecule has 2 rings (SSSR count). The lowest BCUT2D eigenvalue weighted by Crippen LogP contribution is -2.14. The third-order valence-electron chi connectivity index (χ3n) is 1.73. The second kappa shape index (κ2) is 3.51. The van der Waals surface area contributed by atoms with E-state index in [0.29, 0.717) is 10.6 Å². The molecule has 70 valence electrons. The molecule has 0 saturated carbocycles. The van der Waals surface area contributed by atoms with Crippen molar-refractivity contribution in [3.63, 3.8) is 0 Å². The number of hydrogen-bond donors (Lipinski definition) is 1. The van der Waals surface area contributed by atoms with E-state index in [9.17, 15) is 0 Å². The standard InChI is InChI=1S/C8H7N5S/c9-8(14)6-3-10-2-1-7(6)13-5-11-4-12-13/h1-5H,(H2,9,14). The highest BCUT2D eigenvalue weighted by molar-refractivity contribution is 7.80. The Hall–Kier alpha value is -1.82. The van der Waals surface area contributed by atoms with E-state index in [-0.39, 0.29) is 0 Å². The first-order valence-corrected chi connectivity index (χ1v) is 4.28. The van der Waals surface area contributed by atoms with Crippen molar-refractivity contribution in [2.45, 2.75) is 0 Å². The second-order valence-electron chi connectivity index (χ2n) is 2.60. The number of thiocarbonyl (C=S) groups is 1. The summed E-state index contributed by atoms with van der Waals surface area (Å²) in [5.41, 5.74) is 7.02. The molecule has 0 saturated heterocycles. The predicted molar refractivity (Wildman–Crippen MR) is 55.0 cm³/mol. The first-order valence-electron chi connectivity index (χ1n) is 3.88. The summed E-state index contributed by atoms with van der Waals surface area (Å²) < 4.78 is 1.59. The van der Waals surface area contributed by atoms with E-state index >= 15 is 0 Å². The van der Waals surface area contributed by atoms with Gasteiger partial charge in [0.25, 0.3) is 0 Å². The van der Waals surface area contributed by atoms with Crippen LogP contribution in [0.2, 0.25) is 0 Å². The van der Waals surface area contributed by atoms with Crippen LogP contribution in [-0.4, -0.2) is 24.7 Å². The van der Waals surface area contributed by atoms with Crippen LogP contribution >= 0.6 is 12.2 Å². The first-order chi connectivity index (χ1) is 6.79. The Morgan fingerprint density at radius 1 is 1.43 bits per heavy atom. The minimum atomic E-state index is 0.295. The van der Waals surface area contributed by atoms with Gasteiger partial charge < -0.3 is 5.73 Å². The maximum atomic E-state index is 5.55. The van der Waals surface area contributed by atoms with Gasteiger partial charge in [-0.15, -0.1) is 0 Å². The fourth-order valence-electron chi connectivity index (χ4n) is 1.11. The molecular weight excluding hydrogens is 198 g/mol. The van der Waals surface area contributed by atoms with Crippen LogP contribution in [0.4, 0.5) is 0 Å². The molecule has 14 heavy (non-hydrogen) atoms. The SMILES string of the molecule is NC(=S)c1cnccc1-n1cncn1. The van der Waals surface area contributed by atoms with Crippen molar-refractivity contribution in [2.75, 3.05) is 0 Å². The van der Waals surface area contributed by atoms with Crippen molar-refractivity contribution < 1.29 is 0 Å². The normalized spacial score (nSPS) is 10.0. The lowest BCUT2D eigenvalue weighted by molar-refractivity contribution is 0.874. The summed E-state index contributed by atoms with van der Waals surface area (Å²) in [6.07, 6.45) is 6.29. The Balaban J connectivity index is 2.58. The van der Waals surface area contributed by atoms with E-state index in [1.807, 2.05) is 0 Å². The zero-order valence-electron chi connectivity index (χ0n) is 7.16. The van der Waals surface area contributed by atoms with Gasteiger partial charge in [0.1, 0.15) is 17.6 Å². The molecule has 0 amide bonds. The number of nitrogens with zero attached hydrogens (tertiary/aromatic N) is 4. The van der Waals surface area contributed by atoms with Gasteiger partial charge in [-0.2, -0.15) is 5.10 Å². The van der Waals surface area contributed by atoms with Gasteiger partial charge in [-0.25, -0.2) is 9.67 Å². The van der Waals surface area contributed by atoms with Crippen LogP contribution < -0.4 is 5.73 Å². The van der Waals surface area contributed by atoms with Crippen molar-refractivity contribution in [3.8, 4) is 5.69 Å². The fraction of sp³-hybridized carbons (Fsp3) is 0. The summed E-state index contributed by atoms with van der Waals surface area (Å²) in [6, 6.07) is 1.78. The number of rotatable bonds is 2. The average molecular weight is 205 g/mol. The molecule has 0 unspecified atom stereocenters. The summed E-state index contributed by atoms with van der Waals surface area (Å²) in [6.45, 7) is 0. The number of pyridine rings is 1. The van der Waals surface area contributed by atoms with Crippen molar-refractivity contribution in [1.82, 2.24) is 19.7 Å². The minimum absolute atomic E-state index is 0.295. The summed E-state index contributed by atoms with van der Waals surface area (Å²) >= 11 is 4.90. The molecule has 6 heteroatoms. The van der Waals surface area contributed by atoms with Gasteiger partial charge in [-0.3, -0.25) is 4.98 Å². The molecule has 0 aromatic carbocycles. The lowest BCUT2D eigenvalue weighted by atomic mass is 10.2. The third-order valence-corrected chi connectivity index (χ3v) is 1.95. The van der Waals surface area contributed by atoms with Gasteiger partial charge in [0.2, 0.25) is 0 Å². The van der Waals surface area contributed by atoms with E-state index in [4.69, 9.17) is 18.0 Å². The van der Waals surface area contributed by atoms with Gasteiger partial charge >= 0.3 is 0 Å². The molecule has 2 heterocycles. The molecule has 2 aromatic rings. The summed E-state index contributed by atoms with van der Waals surface area (Å²) in [5.74, 6) is 0. The van der Waals surface area contributed by atoms with Gasteiger partial charge in [0, 0.05) is 12.4 Å². The summed E-state index contributed by atoms with van der Waals surface area (Å²) in [5, 5.41) is 3.99. The molecule has 0 radical (unpaired) electrons. The summed E-state index contributed by atoms with van der Waals surface area (Å²) in [7, 11) is 0. The molecule has 2 N–H and O–H groups in total. The highest BCUT2D eigenvalue weighted by atomic mass is 32.1. The van der Waals surface area contributed by atoms with Crippen molar-refractivity contribution in [1.29, 1.82) is 0 Å². The number of nitrogens with two attached hydrogens (primary N) is 1. The van der Waals surface area contributed by atoms with Crippen LogP contribution in [0.15, 0.2) is 31.1 Å². The van der Waals surface area contributed by atoms with Crippen molar-refractivity contribution in [3.05, 3.63) is 36.7 Å². The van der Waals surface area contributed by atoms with Gasteiger partial charge in [-0.1, -0.05) is 12.2 Å². The Labute approximate surface area is 85.6 Å². The van der Waals surface area contributed by atoms with Crippen LogP contribution in [0, 0.1) is 0 Å². The molecule has 2 aromatic heterocycles.